The fraction of sp³-hybridized carbons (Fsp3) is 0.824. The normalized spacial score (nSPS) is 12.0. The zero-order valence-corrected chi connectivity index (χ0v) is 16.8. The molecule has 0 saturated carbocycles. The number of rotatable bonds is 11. The van der Waals surface area contributed by atoms with Gasteiger partial charge < -0.3 is 0 Å². The molecule has 0 aliphatic rings. The second kappa shape index (κ2) is 9.86. The second-order valence-electron chi connectivity index (χ2n) is 6.08. The number of nitrogens with zero attached hydrogens (tertiary/aromatic N) is 2. The minimum absolute atomic E-state index is 0.628. The van der Waals surface area contributed by atoms with Crippen LogP contribution in [0.2, 0.25) is 3.43 Å². The van der Waals surface area contributed by atoms with E-state index in [1.54, 1.807) is 0 Å². The van der Waals surface area contributed by atoms with E-state index < -0.39 is 21.1 Å². The molecule has 0 fully saturated rings. The van der Waals surface area contributed by atoms with Crippen LogP contribution in [0.5, 0.6) is 0 Å². The topological polar surface area (TPSA) is 17.8 Å². The summed E-state index contributed by atoms with van der Waals surface area (Å²) < 4.78 is 4.38. The molecule has 1 aromatic rings. The molecule has 2 radical (unpaired) electrons. The molecule has 0 spiro atoms. The molecule has 1 aromatic heterocycles. The molecule has 114 valence electrons. The molecule has 3 heteroatoms. The number of aromatic nitrogens is 2. The molecule has 0 atom stereocenters. The molecule has 0 bridgehead atoms. The number of unbranched alkanes of at least 4 members (excludes halogenated alkanes) is 3. The van der Waals surface area contributed by atoms with Crippen LogP contribution in [0.25, 0.3) is 0 Å². The average molecular weight is 383 g/mol. The molecule has 0 amide bonds. The summed E-state index contributed by atoms with van der Waals surface area (Å²) in [5.41, 5.74) is 0. The minimum atomic E-state index is -0.628. The standard InChI is InChI=1S/C13H27.C4H5N2.Sn/c1-4-7-10-13(11-8-5-2)12-9-6-3;1-6-3-2-5-4-6;/h4-12H2,1-3H3;2-3H,1H3;. The Morgan fingerprint density at radius 3 is 1.85 bits per heavy atom. The van der Waals surface area contributed by atoms with Gasteiger partial charge in [-0.1, -0.05) is 0 Å². The van der Waals surface area contributed by atoms with Crippen LogP contribution in [-0.4, -0.2) is 30.7 Å². The van der Waals surface area contributed by atoms with Gasteiger partial charge in [-0.2, -0.15) is 0 Å². The van der Waals surface area contributed by atoms with Gasteiger partial charge in [-0.15, -0.1) is 0 Å². The van der Waals surface area contributed by atoms with Gasteiger partial charge in [0.25, 0.3) is 0 Å². The third kappa shape index (κ3) is 5.79. The van der Waals surface area contributed by atoms with Crippen molar-refractivity contribution < 1.29 is 0 Å². The van der Waals surface area contributed by atoms with Gasteiger partial charge in [0.15, 0.2) is 0 Å². The van der Waals surface area contributed by atoms with E-state index in [0.717, 1.165) is 0 Å². The Kier molecular flexibility index (Phi) is 8.90. The molecular formula is C17H32N2Sn. The summed E-state index contributed by atoms with van der Waals surface area (Å²) in [6.07, 6.45) is 16.7. The van der Waals surface area contributed by atoms with Crippen molar-refractivity contribution in [2.45, 2.75) is 82.0 Å². The van der Waals surface area contributed by atoms with Gasteiger partial charge in [0.2, 0.25) is 0 Å². The van der Waals surface area contributed by atoms with Gasteiger partial charge >= 0.3 is 136 Å². The molecular weight excluding hydrogens is 351 g/mol. The van der Waals surface area contributed by atoms with Gasteiger partial charge in [-0.25, -0.2) is 0 Å². The van der Waals surface area contributed by atoms with Gasteiger partial charge in [0.1, 0.15) is 0 Å². The van der Waals surface area contributed by atoms with Crippen LogP contribution in [0.4, 0.5) is 0 Å². The first-order valence-corrected chi connectivity index (χ1v) is 11.3. The first-order valence-electron chi connectivity index (χ1n) is 8.43. The number of imidazole rings is 1. The third-order valence-electron chi connectivity index (χ3n) is 4.22. The monoisotopic (exact) mass is 384 g/mol. The van der Waals surface area contributed by atoms with Crippen LogP contribution in [0.15, 0.2) is 12.4 Å². The molecule has 0 aromatic carbocycles. The van der Waals surface area contributed by atoms with Gasteiger partial charge in [0.05, 0.1) is 0 Å². The quantitative estimate of drug-likeness (QED) is 0.516. The molecule has 1 rings (SSSR count). The van der Waals surface area contributed by atoms with Crippen molar-refractivity contribution in [3.05, 3.63) is 12.4 Å². The molecule has 0 aliphatic carbocycles. The Hall–Kier alpha value is 0.00870. The summed E-state index contributed by atoms with van der Waals surface area (Å²) in [7, 11) is 2.17. The van der Waals surface area contributed by atoms with E-state index in [1.165, 1.54) is 61.6 Å². The molecule has 2 nitrogen and oxygen atoms in total. The maximum atomic E-state index is 4.66. The van der Waals surface area contributed by atoms with E-state index in [1.807, 2.05) is 6.20 Å². The van der Waals surface area contributed by atoms with Gasteiger partial charge in [-0.05, 0) is 0 Å². The Balaban J connectivity index is 2.84. The Labute approximate surface area is 136 Å². The van der Waals surface area contributed by atoms with Crippen molar-refractivity contribution in [1.82, 2.24) is 9.55 Å². The fourth-order valence-electron chi connectivity index (χ4n) is 2.83. The van der Waals surface area contributed by atoms with E-state index in [0.29, 0.717) is 3.43 Å². The van der Waals surface area contributed by atoms with Crippen LogP contribution < -0.4 is 3.84 Å². The molecule has 20 heavy (non-hydrogen) atoms. The predicted molar refractivity (Wildman–Crippen MR) is 89.9 cm³/mol. The summed E-state index contributed by atoms with van der Waals surface area (Å²) in [6.45, 7) is 6.99. The number of hydrogen-bond donors (Lipinski definition) is 0. The van der Waals surface area contributed by atoms with E-state index in [9.17, 15) is 0 Å². The Morgan fingerprint density at radius 1 is 1.00 bits per heavy atom. The van der Waals surface area contributed by atoms with Crippen LogP contribution in [0.1, 0.15) is 78.6 Å². The van der Waals surface area contributed by atoms with Crippen LogP contribution in [-0.2, 0) is 7.05 Å². The van der Waals surface area contributed by atoms with E-state index in [-0.39, 0.29) is 0 Å². The van der Waals surface area contributed by atoms with Crippen LogP contribution in [0.3, 0.4) is 0 Å². The maximum absolute atomic E-state index is 4.66. The van der Waals surface area contributed by atoms with Crippen molar-refractivity contribution in [2.24, 2.45) is 7.05 Å². The first-order chi connectivity index (χ1) is 9.67. The van der Waals surface area contributed by atoms with Crippen molar-refractivity contribution >= 4 is 25.0 Å². The first kappa shape index (κ1) is 18.1. The number of aryl methyl sites for hydroxylation is 1. The van der Waals surface area contributed by atoms with Crippen LogP contribution in [0, 0.1) is 0 Å². The average Bonchev–Trinajstić information content (AvgIpc) is 2.85. The number of hydrogen-bond acceptors (Lipinski definition) is 1. The van der Waals surface area contributed by atoms with Crippen molar-refractivity contribution in [3.63, 3.8) is 0 Å². The summed E-state index contributed by atoms with van der Waals surface area (Å²) in [6, 6.07) is 0. The summed E-state index contributed by atoms with van der Waals surface area (Å²) >= 11 is -0.628. The van der Waals surface area contributed by atoms with E-state index in [2.05, 4.69) is 43.6 Å². The predicted octanol–water partition coefficient (Wildman–Crippen LogP) is 4.48. The molecule has 0 unspecified atom stereocenters. The van der Waals surface area contributed by atoms with Crippen LogP contribution >= 0.6 is 0 Å². The second-order valence-corrected chi connectivity index (χ2v) is 11.1. The van der Waals surface area contributed by atoms with Crippen molar-refractivity contribution in [2.75, 3.05) is 0 Å². The van der Waals surface area contributed by atoms with E-state index >= 15 is 0 Å². The molecule has 0 N–H and O–H groups in total. The fourth-order valence-corrected chi connectivity index (χ4v) is 7.88. The molecule has 1 heterocycles. The molecule has 0 aliphatic heterocycles. The zero-order valence-electron chi connectivity index (χ0n) is 13.9. The van der Waals surface area contributed by atoms with Crippen molar-refractivity contribution in [3.8, 4) is 0 Å². The Morgan fingerprint density at radius 2 is 1.50 bits per heavy atom. The van der Waals surface area contributed by atoms with Crippen molar-refractivity contribution in [1.29, 1.82) is 0 Å². The summed E-state index contributed by atoms with van der Waals surface area (Å²) in [5.74, 6) is 0. The zero-order chi connectivity index (χ0) is 14.8. The third-order valence-corrected chi connectivity index (χ3v) is 9.89. The molecule has 0 saturated heterocycles. The van der Waals surface area contributed by atoms with Gasteiger partial charge in [0, 0.05) is 0 Å². The SMILES string of the molecule is CCCC[C](CCCC)(CCCC)[Sn][c]1nccn1C. The summed E-state index contributed by atoms with van der Waals surface area (Å²) in [5, 5.41) is 0. The van der Waals surface area contributed by atoms with E-state index in [4.69, 9.17) is 0 Å². The van der Waals surface area contributed by atoms with Gasteiger partial charge in [-0.3, -0.25) is 0 Å². The Bertz CT molecular complexity index is 338. The summed E-state index contributed by atoms with van der Waals surface area (Å²) in [4.78, 5) is 4.66.